The molecule has 0 radical (unpaired) electrons. The normalized spacial score (nSPS) is 21.2. The number of rotatable bonds is 7. The molecule has 4 nitrogen and oxygen atoms in total. The number of allylic oxidation sites excluding steroid dienone is 4. The minimum atomic E-state index is -2.74. The van der Waals surface area contributed by atoms with E-state index in [0.29, 0.717) is 12.8 Å². The van der Waals surface area contributed by atoms with E-state index in [2.05, 4.69) is 0 Å². The molecule has 0 bridgehead atoms. The molecule has 0 aromatic rings. The maximum atomic E-state index is 12.2. The van der Waals surface area contributed by atoms with Crippen molar-refractivity contribution in [2.24, 2.45) is 0 Å². The Morgan fingerprint density at radius 3 is 2.15 bits per heavy atom. The fourth-order valence-corrected chi connectivity index (χ4v) is 7.61. The first-order valence-electron chi connectivity index (χ1n) is 10.3. The van der Waals surface area contributed by atoms with Gasteiger partial charge in [-0.2, -0.15) is 0 Å². The van der Waals surface area contributed by atoms with Gasteiger partial charge in [-0.05, 0) is 0 Å². The molecule has 0 saturated carbocycles. The molecule has 27 heavy (non-hydrogen) atoms. The van der Waals surface area contributed by atoms with Crippen LogP contribution in [-0.4, -0.2) is 11.9 Å². The minimum absolute atomic E-state index is 0. The second-order valence-corrected chi connectivity index (χ2v) is 10.4. The largest absolute Gasteiger partial charge is 1.00 e. The summed E-state index contributed by atoms with van der Waals surface area (Å²) in [5.41, 5.74) is 6.23. The predicted octanol–water partition coefficient (Wildman–Crippen LogP) is 2.67. The average molecular weight is 431 g/mol. The standard InChI is InChI=1S/C13H17.2C4H8O2.ClH.Ti/c1-3-7-12-10(5-1)9-11-6-2-4-8-13(11)12;2*1-2-3-4(5)6;;/h5H,1-4,6-9H2;2*2-3H2,1H3,(H,5,6);1H;/q;;;;+3/p-3. The van der Waals surface area contributed by atoms with Crippen LogP contribution in [0.3, 0.4) is 0 Å². The summed E-state index contributed by atoms with van der Waals surface area (Å²) in [5.74, 6) is -0.370. The molecule has 1 unspecified atom stereocenters. The van der Waals surface area contributed by atoms with Gasteiger partial charge in [-0.15, -0.1) is 0 Å². The van der Waals surface area contributed by atoms with Crippen LogP contribution in [0.25, 0.3) is 0 Å². The first-order valence-corrected chi connectivity index (χ1v) is 12.5. The number of halogens is 1. The third-order valence-electron chi connectivity index (χ3n) is 5.70. The summed E-state index contributed by atoms with van der Waals surface area (Å²) in [6.07, 6.45) is 11.7. The molecule has 6 heteroatoms. The summed E-state index contributed by atoms with van der Waals surface area (Å²) < 4.78 is 11.9. The Kier molecular flexibility index (Phi) is 9.11. The van der Waals surface area contributed by atoms with E-state index in [4.69, 9.17) is 6.64 Å². The molecule has 3 rings (SSSR count). The Balaban J connectivity index is 0.00000261. The predicted molar refractivity (Wildman–Crippen MR) is 96.7 cm³/mol. The van der Waals surface area contributed by atoms with Gasteiger partial charge < -0.3 is 12.4 Å². The van der Waals surface area contributed by atoms with Crippen LogP contribution in [0, 0.1) is 0 Å². The third-order valence-corrected chi connectivity index (χ3v) is 8.92. The molecule has 150 valence electrons. The summed E-state index contributed by atoms with van der Waals surface area (Å²) in [7, 11) is 0. The summed E-state index contributed by atoms with van der Waals surface area (Å²) >= 11 is -2.74. The van der Waals surface area contributed by atoms with Crippen LogP contribution in [0.4, 0.5) is 0 Å². The molecule has 1 atom stereocenters. The van der Waals surface area contributed by atoms with Crippen LogP contribution in [-0.2, 0) is 34.9 Å². The second-order valence-electron chi connectivity index (χ2n) is 7.68. The van der Waals surface area contributed by atoms with Crippen molar-refractivity contribution in [1.29, 1.82) is 0 Å². The SMILES string of the molecule is CCCC(=O)[O][Ti+]([O]C(=O)CCC)[CH]1CCCC2=C1CC1=C2CCCC1.[Cl-]. The smallest absolute Gasteiger partial charge is 1.00 e. The number of hydrogen-bond acceptors (Lipinski definition) is 4. The van der Waals surface area contributed by atoms with E-state index in [1.807, 2.05) is 13.8 Å². The van der Waals surface area contributed by atoms with E-state index in [9.17, 15) is 9.59 Å². The van der Waals surface area contributed by atoms with E-state index in [1.54, 1.807) is 16.7 Å². The van der Waals surface area contributed by atoms with Gasteiger partial charge in [0.15, 0.2) is 0 Å². The van der Waals surface area contributed by atoms with Crippen molar-refractivity contribution >= 4 is 11.9 Å². The Morgan fingerprint density at radius 1 is 0.926 bits per heavy atom. The van der Waals surface area contributed by atoms with Gasteiger partial charge in [-0.3, -0.25) is 0 Å². The maximum Gasteiger partial charge on any atom is -1.00 e. The van der Waals surface area contributed by atoms with Gasteiger partial charge >= 0.3 is 164 Å². The summed E-state index contributed by atoms with van der Waals surface area (Å²) in [6.45, 7) is 3.94. The van der Waals surface area contributed by atoms with Crippen molar-refractivity contribution in [2.75, 3.05) is 0 Å². The molecule has 0 aromatic heterocycles. The van der Waals surface area contributed by atoms with Gasteiger partial charge in [-0.25, -0.2) is 0 Å². The molecule has 0 aliphatic heterocycles. The molecule has 0 N–H and O–H groups in total. The zero-order valence-electron chi connectivity index (χ0n) is 16.6. The Labute approximate surface area is 176 Å². The Morgan fingerprint density at radius 2 is 1.52 bits per heavy atom. The minimum Gasteiger partial charge on any atom is -1.00 e. The molecule has 0 amide bonds. The summed E-state index contributed by atoms with van der Waals surface area (Å²) in [5, 5.41) is 0. The zero-order valence-corrected chi connectivity index (χ0v) is 18.9. The van der Waals surface area contributed by atoms with Crippen LogP contribution in [0.1, 0.15) is 90.9 Å². The molecule has 0 spiro atoms. The maximum absolute atomic E-state index is 12.2. The van der Waals surface area contributed by atoms with E-state index in [-0.39, 0.29) is 28.6 Å². The molecule has 0 aromatic carbocycles. The van der Waals surface area contributed by atoms with Crippen LogP contribution in [0.2, 0.25) is 4.22 Å². The molecular formula is C21H31ClO4Ti. The molecule has 0 saturated heterocycles. The van der Waals surface area contributed by atoms with E-state index in [1.165, 1.54) is 31.3 Å². The molecule has 3 aliphatic rings. The number of hydrogen-bond donors (Lipinski definition) is 0. The average Bonchev–Trinajstić information content (AvgIpc) is 3.00. The summed E-state index contributed by atoms with van der Waals surface area (Å²) in [4.78, 5) is 24.4. The topological polar surface area (TPSA) is 52.6 Å². The van der Waals surface area contributed by atoms with Crippen molar-refractivity contribution in [3.8, 4) is 0 Å². The van der Waals surface area contributed by atoms with E-state index < -0.39 is 18.6 Å². The zero-order chi connectivity index (χ0) is 18.5. The van der Waals surface area contributed by atoms with Gasteiger partial charge in [-0.1, -0.05) is 0 Å². The number of carbonyl (C=O) groups excluding carboxylic acids is 2. The molecule has 0 heterocycles. The fourth-order valence-electron chi connectivity index (χ4n) is 4.52. The Hall–Kier alpha value is -0.576. The summed E-state index contributed by atoms with van der Waals surface area (Å²) in [6, 6.07) is 0. The van der Waals surface area contributed by atoms with Gasteiger partial charge in [0.05, 0.1) is 0 Å². The molecular weight excluding hydrogens is 400 g/mol. The number of fused-ring (bicyclic) bond motifs is 1. The van der Waals surface area contributed by atoms with Crippen LogP contribution < -0.4 is 12.4 Å². The van der Waals surface area contributed by atoms with E-state index in [0.717, 1.165) is 38.5 Å². The third kappa shape index (κ3) is 5.49. The van der Waals surface area contributed by atoms with Crippen molar-refractivity contribution in [1.82, 2.24) is 0 Å². The monoisotopic (exact) mass is 430 g/mol. The van der Waals surface area contributed by atoms with Gasteiger partial charge in [0.25, 0.3) is 0 Å². The van der Waals surface area contributed by atoms with Crippen molar-refractivity contribution in [2.45, 2.75) is 95.1 Å². The fraction of sp³-hybridized carbons (Fsp3) is 0.714. The Bertz CT molecular complexity index is 606. The second kappa shape index (κ2) is 10.8. The van der Waals surface area contributed by atoms with Crippen molar-refractivity contribution < 1.29 is 47.3 Å². The molecule has 3 aliphatic carbocycles. The van der Waals surface area contributed by atoms with Crippen LogP contribution in [0.15, 0.2) is 22.3 Å². The van der Waals surface area contributed by atoms with Gasteiger partial charge in [0.2, 0.25) is 0 Å². The first-order chi connectivity index (χ1) is 12.6. The molecule has 0 fully saturated rings. The van der Waals surface area contributed by atoms with E-state index >= 15 is 0 Å². The van der Waals surface area contributed by atoms with Gasteiger partial charge in [0.1, 0.15) is 0 Å². The number of carbonyl (C=O) groups is 2. The van der Waals surface area contributed by atoms with Crippen LogP contribution in [0.5, 0.6) is 0 Å². The van der Waals surface area contributed by atoms with Gasteiger partial charge in [0, 0.05) is 0 Å². The van der Waals surface area contributed by atoms with Crippen molar-refractivity contribution in [3.63, 3.8) is 0 Å². The van der Waals surface area contributed by atoms with Crippen LogP contribution >= 0.6 is 0 Å². The van der Waals surface area contributed by atoms with Crippen molar-refractivity contribution in [3.05, 3.63) is 22.3 Å². The first kappa shape index (κ1) is 22.7. The quantitative estimate of drug-likeness (QED) is 0.583.